The molecule has 150 valence electrons. The van der Waals surface area contributed by atoms with Crippen molar-refractivity contribution in [2.75, 3.05) is 23.3 Å². The summed E-state index contributed by atoms with van der Waals surface area (Å²) in [6, 6.07) is 16.1. The summed E-state index contributed by atoms with van der Waals surface area (Å²) < 4.78 is 0. The van der Waals surface area contributed by atoms with Gasteiger partial charge in [-0.05, 0) is 67.6 Å². The summed E-state index contributed by atoms with van der Waals surface area (Å²) in [6.45, 7) is 4.18. The third-order valence-corrected chi connectivity index (χ3v) is 5.69. The van der Waals surface area contributed by atoms with Crippen molar-refractivity contribution in [1.29, 1.82) is 0 Å². The lowest BCUT2D eigenvalue weighted by molar-refractivity contribution is -0.122. The number of aromatic nitrogens is 1. The number of primary amides is 1. The molecule has 2 heterocycles. The minimum absolute atomic E-state index is 0.00368. The fraction of sp³-hybridized carbons (Fsp3) is 0.304. The van der Waals surface area contributed by atoms with Crippen molar-refractivity contribution in [2.24, 2.45) is 11.7 Å². The van der Waals surface area contributed by atoms with Crippen LogP contribution in [-0.2, 0) is 11.3 Å². The minimum Gasteiger partial charge on any atom is -0.381 e. The maximum atomic E-state index is 12.3. The maximum Gasteiger partial charge on any atom is 0.253 e. The number of nitrogens with two attached hydrogens (primary N) is 1. The Balaban J connectivity index is 1.41. The molecule has 0 atom stereocenters. The van der Waals surface area contributed by atoms with Crippen molar-refractivity contribution in [1.82, 2.24) is 4.98 Å². The van der Waals surface area contributed by atoms with Gasteiger partial charge in [-0.1, -0.05) is 11.6 Å². The molecule has 0 spiro atoms. The van der Waals surface area contributed by atoms with Crippen LogP contribution in [0.15, 0.2) is 53.3 Å². The van der Waals surface area contributed by atoms with E-state index in [1.807, 2.05) is 37.3 Å². The van der Waals surface area contributed by atoms with Gasteiger partial charge in [0.15, 0.2) is 0 Å². The van der Waals surface area contributed by atoms with E-state index in [1.165, 1.54) is 5.56 Å². The Morgan fingerprint density at radius 3 is 2.55 bits per heavy atom. The zero-order valence-electron chi connectivity index (χ0n) is 16.6. The van der Waals surface area contributed by atoms with E-state index in [4.69, 9.17) is 5.73 Å². The fourth-order valence-electron chi connectivity index (χ4n) is 3.91. The summed E-state index contributed by atoms with van der Waals surface area (Å²) in [5.74, 6) is -0.195. The number of fused-ring (bicyclic) bond motifs is 1. The molecule has 0 aliphatic carbocycles. The molecule has 1 amide bonds. The molecule has 0 saturated carbocycles. The first kappa shape index (κ1) is 19.1. The molecule has 0 bridgehead atoms. The highest BCUT2D eigenvalue weighted by molar-refractivity contribution is 5.79. The SMILES string of the molecule is Cc1ccc2[nH]c(=O)c(CNc3ccc(N4CCC(C(N)=O)CC4)cc3)cc2c1. The predicted octanol–water partition coefficient (Wildman–Crippen LogP) is 3.15. The Labute approximate surface area is 169 Å². The number of nitrogens with zero attached hydrogens (tertiary/aromatic N) is 1. The third-order valence-electron chi connectivity index (χ3n) is 5.69. The lowest BCUT2D eigenvalue weighted by Gasteiger charge is -2.32. The van der Waals surface area contributed by atoms with Gasteiger partial charge >= 0.3 is 0 Å². The van der Waals surface area contributed by atoms with E-state index in [2.05, 4.69) is 33.4 Å². The molecule has 1 aliphatic heterocycles. The first-order chi connectivity index (χ1) is 14.0. The number of benzene rings is 2. The Morgan fingerprint density at radius 1 is 1.14 bits per heavy atom. The van der Waals surface area contributed by atoms with Gasteiger partial charge in [-0.2, -0.15) is 0 Å². The molecule has 0 unspecified atom stereocenters. The maximum absolute atomic E-state index is 12.3. The van der Waals surface area contributed by atoms with Gasteiger partial charge in [0, 0.05) is 48.0 Å². The monoisotopic (exact) mass is 390 g/mol. The van der Waals surface area contributed by atoms with Gasteiger partial charge in [0.2, 0.25) is 5.91 Å². The lowest BCUT2D eigenvalue weighted by atomic mass is 9.96. The van der Waals surface area contributed by atoms with E-state index in [0.29, 0.717) is 12.1 Å². The Kier molecular flexibility index (Phi) is 5.25. The summed E-state index contributed by atoms with van der Waals surface area (Å²) in [7, 11) is 0. The van der Waals surface area contributed by atoms with Crippen LogP contribution in [0.2, 0.25) is 0 Å². The molecule has 1 fully saturated rings. The number of nitrogens with one attached hydrogen (secondary N) is 2. The van der Waals surface area contributed by atoms with Gasteiger partial charge in [0.25, 0.3) is 5.56 Å². The second kappa shape index (κ2) is 7.99. The predicted molar refractivity (Wildman–Crippen MR) is 117 cm³/mol. The molecular formula is C23H26N4O2. The van der Waals surface area contributed by atoms with Crippen molar-refractivity contribution in [3.8, 4) is 0 Å². The number of rotatable bonds is 5. The van der Waals surface area contributed by atoms with Crippen molar-refractivity contribution < 1.29 is 4.79 Å². The second-order valence-electron chi connectivity index (χ2n) is 7.78. The molecule has 1 saturated heterocycles. The summed E-state index contributed by atoms with van der Waals surface area (Å²) >= 11 is 0. The molecular weight excluding hydrogens is 364 g/mol. The average molecular weight is 390 g/mol. The topological polar surface area (TPSA) is 91.2 Å². The van der Waals surface area contributed by atoms with Gasteiger partial charge in [0.05, 0.1) is 0 Å². The van der Waals surface area contributed by atoms with Crippen LogP contribution < -0.4 is 21.5 Å². The number of amides is 1. The van der Waals surface area contributed by atoms with Crippen molar-refractivity contribution in [3.05, 3.63) is 70.0 Å². The number of carbonyl (C=O) groups excluding carboxylic acids is 1. The second-order valence-corrected chi connectivity index (χ2v) is 7.78. The molecule has 29 heavy (non-hydrogen) atoms. The largest absolute Gasteiger partial charge is 0.381 e. The van der Waals surface area contributed by atoms with Crippen molar-refractivity contribution in [2.45, 2.75) is 26.3 Å². The number of aryl methyl sites for hydroxylation is 1. The van der Waals surface area contributed by atoms with Gasteiger partial charge in [-0.15, -0.1) is 0 Å². The Bertz CT molecular complexity index is 1080. The smallest absolute Gasteiger partial charge is 0.253 e. The van der Waals surface area contributed by atoms with Crippen LogP contribution in [0.3, 0.4) is 0 Å². The fourth-order valence-corrected chi connectivity index (χ4v) is 3.91. The van der Waals surface area contributed by atoms with Crippen LogP contribution in [0.25, 0.3) is 10.9 Å². The van der Waals surface area contributed by atoms with E-state index in [1.54, 1.807) is 0 Å². The van der Waals surface area contributed by atoms with Crippen LogP contribution in [0.5, 0.6) is 0 Å². The zero-order chi connectivity index (χ0) is 20.4. The quantitative estimate of drug-likeness (QED) is 0.624. The average Bonchev–Trinajstić information content (AvgIpc) is 2.73. The zero-order valence-corrected chi connectivity index (χ0v) is 16.6. The Morgan fingerprint density at radius 2 is 1.86 bits per heavy atom. The molecule has 6 nitrogen and oxygen atoms in total. The number of hydrogen-bond acceptors (Lipinski definition) is 4. The minimum atomic E-state index is -0.192. The molecule has 2 aromatic carbocycles. The van der Waals surface area contributed by atoms with Gasteiger partial charge in [-0.3, -0.25) is 9.59 Å². The number of anilines is 2. The van der Waals surface area contributed by atoms with Crippen LogP contribution in [0.1, 0.15) is 24.0 Å². The summed E-state index contributed by atoms with van der Waals surface area (Å²) in [6.07, 6.45) is 1.61. The highest BCUT2D eigenvalue weighted by atomic mass is 16.1. The molecule has 4 rings (SSSR count). The lowest BCUT2D eigenvalue weighted by Crippen LogP contribution is -2.38. The van der Waals surface area contributed by atoms with Crippen LogP contribution in [-0.4, -0.2) is 24.0 Å². The summed E-state index contributed by atoms with van der Waals surface area (Å²) in [5.41, 5.74) is 10.2. The van der Waals surface area contributed by atoms with Crippen molar-refractivity contribution >= 4 is 28.2 Å². The highest BCUT2D eigenvalue weighted by Gasteiger charge is 2.23. The van der Waals surface area contributed by atoms with Gasteiger partial charge < -0.3 is 20.9 Å². The van der Waals surface area contributed by atoms with E-state index < -0.39 is 0 Å². The van der Waals surface area contributed by atoms with Gasteiger partial charge in [-0.25, -0.2) is 0 Å². The van der Waals surface area contributed by atoms with E-state index in [9.17, 15) is 9.59 Å². The van der Waals surface area contributed by atoms with Crippen LogP contribution in [0, 0.1) is 12.8 Å². The van der Waals surface area contributed by atoms with Crippen molar-refractivity contribution in [3.63, 3.8) is 0 Å². The van der Waals surface area contributed by atoms with Crippen LogP contribution >= 0.6 is 0 Å². The number of hydrogen-bond donors (Lipinski definition) is 3. The molecule has 1 aliphatic rings. The molecule has 6 heteroatoms. The normalized spacial score (nSPS) is 14.9. The number of pyridine rings is 1. The van der Waals surface area contributed by atoms with E-state index in [0.717, 1.165) is 48.2 Å². The van der Waals surface area contributed by atoms with Gasteiger partial charge in [0.1, 0.15) is 0 Å². The van der Waals surface area contributed by atoms with Crippen LogP contribution in [0.4, 0.5) is 11.4 Å². The Hall–Kier alpha value is -3.28. The summed E-state index contributed by atoms with van der Waals surface area (Å²) in [4.78, 5) is 28.9. The molecule has 1 aromatic heterocycles. The van der Waals surface area contributed by atoms with E-state index in [-0.39, 0.29) is 17.4 Å². The number of aromatic amines is 1. The number of carbonyl (C=O) groups is 1. The first-order valence-electron chi connectivity index (χ1n) is 10.0. The first-order valence-corrected chi connectivity index (χ1v) is 10.0. The molecule has 4 N–H and O–H groups in total. The number of piperidine rings is 1. The standard InChI is InChI=1S/C23H26N4O2/c1-15-2-7-21-17(12-15)13-18(23(29)26-21)14-25-19-3-5-20(6-4-19)27-10-8-16(9-11-27)22(24)28/h2-7,12-13,16,25H,8-11,14H2,1H3,(H2,24,28)(H,26,29). The summed E-state index contributed by atoms with van der Waals surface area (Å²) in [5, 5.41) is 4.37. The number of H-pyrrole nitrogens is 1. The molecule has 3 aromatic rings. The third kappa shape index (κ3) is 4.26. The van der Waals surface area contributed by atoms with E-state index >= 15 is 0 Å². The highest BCUT2D eigenvalue weighted by Crippen LogP contribution is 2.24. The molecule has 0 radical (unpaired) electrons.